The van der Waals surface area contributed by atoms with Crippen molar-refractivity contribution in [2.45, 2.75) is 69.6 Å². The fraction of sp³-hybridized carbons (Fsp3) is 0.640. The largest absolute Gasteiger partial charge is 0.481 e. The van der Waals surface area contributed by atoms with Crippen LogP contribution in [0.25, 0.3) is 0 Å². The Kier molecular flexibility index (Phi) is 21.4. The predicted octanol–water partition coefficient (Wildman–Crippen LogP) is -2.45. The minimum Gasteiger partial charge on any atom is -0.481 e. The molecule has 0 fully saturated rings. The lowest BCUT2D eigenvalue weighted by atomic mass is 10.1. The number of ether oxygens (including phenoxy) is 1. The maximum absolute atomic E-state index is 12.9. The Morgan fingerprint density at radius 3 is 1.76 bits per heavy atom. The monoisotopic (exact) mass is 697 g/mol. The first-order valence-electron chi connectivity index (χ1n) is 13.8. The number of hydrogen-bond donors (Lipinski definition) is 9. The van der Waals surface area contributed by atoms with Crippen molar-refractivity contribution in [3.8, 4) is 0 Å². The fourth-order valence-corrected chi connectivity index (χ4v) is 5.15. The van der Waals surface area contributed by atoms with Gasteiger partial charge in [0, 0.05) is 30.9 Å². The molecule has 0 aromatic rings. The minimum atomic E-state index is -1.80. The number of Topliss-reactive ketones (excluding diaryl/α,β-unsaturated/α-hetero) is 1. The smallest absolute Gasteiger partial charge is 0.327 e. The summed E-state index contributed by atoms with van der Waals surface area (Å²) in [4.78, 5) is 107. The number of nitrogens with one attached hydrogen (secondary N) is 4. The maximum Gasteiger partial charge on any atom is 0.327 e. The van der Waals surface area contributed by atoms with Crippen LogP contribution in [0, 0.1) is 0 Å². The fourth-order valence-electron chi connectivity index (χ4n) is 3.33. The first-order chi connectivity index (χ1) is 21.6. The van der Waals surface area contributed by atoms with E-state index in [1.165, 1.54) is 21.6 Å². The van der Waals surface area contributed by atoms with Gasteiger partial charge in [0.05, 0.1) is 37.9 Å². The van der Waals surface area contributed by atoms with E-state index in [1.807, 2.05) is 12.2 Å². The molecule has 0 bridgehead atoms. The first kappa shape index (κ1) is 42.0. The molecule has 0 heterocycles. The number of carboxylic acid groups (broad SMARTS) is 4. The molecule has 4 atom stereocenters. The van der Waals surface area contributed by atoms with Crippen molar-refractivity contribution in [1.82, 2.24) is 21.3 Å². The number of nitrogens with two attached hydrogens (primary N) is 1. The summed E-state index contributed by atoms with van der Waals surface area (Å²) in [6.07, 6.45) is -2.00. The van der Waals surface area contributed by atoms with E-state index in [-0.39, 0.29) is 24.7 Å². The Morgan fingerprint density at radius 1 is 0.696 bits per heavy atom. The molecule has 0 aromatic heterocycles. The molecule has 0 radical (unpaired) electrons. The van der Waals surface area contributed by atoms with Crippen LogP contribution in [0.1, 0.15) is 45.4 Å². The average Bonchev–Trinajstić information content (AvgIpc) is 2.95. The lowest BCUT2D eigenvalue weighted by Crippen LogP contribution is -2.56. The molecule has 21 heteroatoms. The van der Waals surface area contributed by atoms with E-state index in [9.17, 15) is 53.4 Å². The van der Waals surface area contributed by atoms with Crippen LogP contribution in [-0.4, -0.2) is 129 Å². The van der Waals surface area contributed by atoms with Gasteiger partial charge >= 0.3 is 29.8 Å². The third-order valence-electron chi connectivity index (χ3n) is 5.56. The van der Waals surface area contributed by atoms with Gasteiger partial charge in [0.15, 0.2) is 5.78 Å². The number of rotatable bonds is 26. The molecule has 0 rings (SSSR count). The number of carbonyl (C=O) groups is 9. The van der Waals surface area contributed by atoms with Crippen LogP contribution in [0.15, 0.2) is 0 Å². The first-order valence-corrected chi connectivity index (χ1v) is 16.2. The van der Waals surface area contributed by atoms with Crippen LogP contribution in [0.3, 0.4) is 0 Å². The molecule has 260 valence electrons. The Morgan fingerprint density at radius 2 is 1.22 bits per heavy atom. The van der Waals surface area contributed by atoms with Crippen molar-refractivity contribution < 1.29 is 68.3 Å². The van der Waals surface area contributed by atoms with E-state index in [4.69, 9.17) is 20.7 Å². The molecule has 0 aliphatic heterocycles. The molecule has 10 N–H and O–H groups in total. The molecule has 3 amide bonds. The Hall–Kier alpha value is -3.95. The molecule has 0 aliphatic carbocycles. The van der Waals surface area contributed by atoms with Crippen molar-refractivity contribution in [1.29, 1.82) is 0 Å². The summed E-state index contributed by atoms with van der Waals surface area (Å²) < 4.78 is 4.99. The highest BCUT2D eigenvalue weighted by Gasteiger charge is 2.31. The molecular weight excluding hydrogens is 658 g/mol. The highest BCUT2D eigenvalue weighted by molar-refractivity contribution is 8.76. The number of aliphatic carboxylic acids is 4. The average molecular weight is 698 g/mol. The lowest BCUT2D eigenvalue weighted by molar-refractivity contribution is -0.143. The number of ketones is 1. The molecule has 19 nitrogen and oxygen atoms in total. The highest BCUT2D eigenvalue weighted by atomic mass is 33.1. The van der Waals surface area contributed by atoms with Crippen molar-refractivity contribution >= 4 is 74.9 Å². The molecule has 0 spiro atoms. The van der Waals surface area contributed by atoms with E-state index in [2.05, 4.69) is 16.0 Å². The van der Waals surface area contributed by atoms with E-state index < -0.39 is 104 Å². The normalized spacial score (nSPS) is 13.3. The Balaban J connectivity index is 5.28. The standard InChI is InChI=1S/C25H39N5O14S2/c1-2-3-22(39)44-5-7-46-45-6-4-18(32)28-15(10-21(37)38)24(41)29-13(8-19(33)34)17(31)12-27-14(9-20(35)36)23(40)30-16(11-26)25(42)43/h13-16,27H,2-12,26H2,1H3,(H,28,32)(H,29,41)(H,30,40)(H,33,34)(H,35,36)(H,37,38)(H,42,43)/t13-,14-,15-,16-/m0/s1. The molecule has 0 unspecified atom stereocenters. The summed E-state index contributed by atoms with van der Waals surface area (Å²) in [5.74, 6) is -9.78. The van der Waals surface area contributed by atoms with Crippen molar-refractivity contribution in [3.05, 3.63) is 0 Å². The third kappa shape index (κ3) is 19.4. The van der Waals surface area contributed by atoms with Gasteiger partial charge in [-0.05, 0) is 6.42 Å². The van der Waals surface area contributed by atoms with Crippen molar-refractivity contribution in [2.75, 3.05) is 31.2 Å². The number of carboxylic acids is 4. The number of carbonyl (C=O) groups excluding carboxylic acids is 5. The molecule has 0 saturated carbocycles. The second-order valence-electron chi connectivity index (χ2n) is 9.37. The van der Waals surface area contributed by atoms with Crippen LogP contribution < -0.4 is 27.0 Å². The molecule has 0 aromatic carbocycles. The van der Waals surface area contributed by atoms with Crippen LogP contribution >= 0.6 is 21.6 Å². The summed E-state index contributed by atoms with van der Waals surface area (Å²) in [5.41, 5.74) is 5.26. The van der Waals surface area contributed by atoms with Gasteiger partial charge in [0.2, 0.25) is 17.7 Å². The van der Waals surface area contributed by atoms with Gasteiger partial charge in [-0.2, -0.15) is 0 Å². The highest BCUT2D eigenvalue weighted by Crippen LogP contribution is 2.21. The van der Waals surface area contributed by atoms with E-state index in [0.29, 0.717) is 18.6 Å². The van der Waals surface area contributed by atoms with Gasteiger partial charge in [-0.15, -0.1) is 0 Å². The lowest BCUT2D eigenvalue weighted by Gasteiger charge is -2.23. The van der Waals surface area contributed by atoms with Gasteiger partial charge in [0.1, 0.15) is 18.7 Å². The summed E-state index contributed by atoms with van der Waals surface area (Å²) in [6.45, 7) is 0.621. The third-order valence-corrected chi connectivity index (χ3v) is 7.93. The topological polar surface area (TPSA) is 318 Å². The summed E-state index contributed by atoms with van der Waals surface area (Å²) >= 11 is 0. The zero-order chi connectivity index (χ0) is 35.2. The summed E-state index contributed by atoms with van der Waals surface area (Å²) in [6, 6.07) is -6.73. The minimum absolute atomic E-state index is 0.141. The molecular formula is C25H39N5O14S2. The van der Waals surface area contributed by atoms with Crippen LogP contribution in [-0.2, 0) is 47.9 Å². The van der Waals surface area contributed by atoms with E-state index in [1.54, 1.807) is 0 Å². The maximum atomic E-state index is 12.9. The predicted molar refractivity (Wildman–Crippen MR) is 161 cm³/mol. The van der Waals surface area contributed by atoms with Gasteiger partial charge < -0.3 is 46.8 Å². The van der Waals surface area contributed by atoms with Gasteiger partial charge in [-0.3, -0.25) is 43.7 Å². The quantitative estimate of drug-likeness (QED) is 0.0257. The SMILES string of the molecule is CCCC(=O)OCCSSCCC(=O)N[C@@H](CC(=O)O)C(=O)N[C@@H](CC(=O)O)C(=O)CN[C@@H](CC(=O)O)C(=O)N[C@@H](CN)C(=O)O. The van der Waals surface area contributed by atoms with Crippen LogP contribution in [0.2, 0.25) is 0 Å². The number of hydrogen-bond acceptors (Lipinski definition) is 14. The second kappa shape index (κ2) is 23.4. The van der Waals surface area contributed by atoms with Gasteiger partial charge in [-0.1, -0.05) is 28.5 Å². The van der Waals surface area contributed by atoms with Gasteiger partial charge in [-0.25, -0.2) is 4.79 Å². The second-order valence-corrected chi connectivity index (χ2v) is 12.1. The Labute approximate surface area is 270 Å². The number of amides is 3. The van der Waals surface area contributed by atoms with Crippen molar-refractivity contribution in [3.63, 3.8) is 0 Å². The van der Waals surface area contributed by atoms with Crippen LogP contribution in [0.4, 0.5) is 0 Å². The zero-order valence-corrected chi connectivity index (χ0v) is 26.5. The molecule has 0 aliphatic rings. The van der Waals surface area contributed by atoms with E-state index >= 15 is 0 Å². The zero-order valence-electron chi connectivity index (χ0n) is 24.9. The number of esters is 1. The van der Waals surface area contributed by atoms with Gasteiger partial charge in [0.25, 0.3) is 0 Å². The summed E-state index contributed by atoms with van der Waals surface area (Å²) in [7, 11) is 2.59. The van der Waals surface area contributed by atoms with Crippen LogP contribution in [0.5, 0.6) is 0 Å². The van der Waals surface area contributed by atoms with Crippen molar-refractivity contribution in [2.24, 2.45) is 5.73 Å². The summed E-state index contributed by atoms with van der Waals surface area (Å²) in [5, 5.41) is 45.2. The molecule has 0 saturated heterocycles. The van der Waals surface area contributed by atoms with E-state index in [0.717, 1.165) is 0 Å². The molecule has 46 heavy (non-hydrogen) atoms. The Bertz CT molecular complexity index is 1110.